The molecule has 10 heteroatoms. The number of benzene rings is 2. The third-order valence-electron chi connectivity index (χ3n) is 3.00. The zero-order valence-electron chi connectivity index (χ0n) is 12.5. The van der Waals surface area contributed by atoms with Gasteiger partial charge in [0.2, 0.25) is 0 Å². The van der Waals surface area contributed by atoms with Crippen LogP contribution in [0.3, 0.4) is 0 Å². The molecule has 0 aliphatic carbocycles. The number of nitro benzene ring substituents is 1. The van der Waals surface area contributed by atoms with Gasteiger partial charge in [0, 0.05) is 17.2 Å². The van der Waals surface area contributed by atoms with Gasteiger partial charge in [0.15, 0.2) is 6.61 Å². The monoisotopic (exact) mass is 367 g/mol. The Morgan fingerprint density at radius 1 is 1.28 bits per heavy atom. The highest BCUT2D eigenvalue weighted by Crippen LogP contribution is 2.23. The van der Waals surface area contributed by atoms with Gasteiger partial charge in [-0.1, -0.05) is 11.6 Å². The lowest BCUT2D eigenvalue weighted by molar-refractivity contribution is -0.384. The molecular weight excluding hydrogens is 357 g/mol. The normalized spacial score (nSPS) is 10.2. The number of anilines is 1. The van der Waals surface area contributed by atoms with Crippen LogP contribution in [0.4, 0.5) is 15.8 Å². The Labute approximate surface area is 145 Å². The van der Waals surface area contributed by atoms with Crippen molar-refractivity contribution in [3.8, 4) is 5.75 Å². The third-order valence-corrected chi connectivity index (χ3v) is 3.24. The summed E-state index contributed by atoms with van der Waals surface area (Å²) in [7, 11) is 0. The molecule has 2 amide bonds. The molecule has 130 valence electrons. The van der Waals surface area contributed by atoms with Gasteiger partial charge in [-0.15, -0.1) is 0 Å². The summed E-state index contributed by atoms with van der Waals surface area (Å²) in [5, 5.41) is 13.1. The molecule has 2 aromatic carbocycles. The summed E-state index contributed by atoms with van der Waals surface area (Å²) >= 11 is 5.75. The molecule has 0 heterocycles. The SMILES string of the molecule is NC(=O)c1cc(Cl)ccc1OCC(=O)Nc1cc([N+](=O)[O-])ccc1F. The topological polar surface area (TPSA) is 125 Å². The van der Waals surface area contributed by atoms with Gasteiger partial charge in [0.05, 0.1) is 16.2 Å². The summed E-state index contributed by atoms with van der Waals surface area (Å²) in [4.78, 5) is 33.1. The fourth-order valence-electron chi connectivity index (χ4n) is 1.87. The van der Waals surface area contributed by atoms with Crippen LogP contribution in [0.5, 0.6) is 5.75 Å². The van der Waals surface area contributed by atoms with Crippen molar-refractivity contribution in [3.63, 3.8) is 0 Å². The van der Waals surface area contributed by atoms with E-state index in [1.807, 2.05) is 0 Å². The number of carbonyl (C=O) groups is 2. The number of nitrogens with two attached hydrogens (primary N) is 1. The first-order valence-electron chi connectivity index (χ1n) is 6.74. The van der Waals surface area contributed by atoms with E-state index in [9.17, 15) is 24.1 Å². The molecule has 2 aromatic rings. The highest BCUT2D eigenvalue weighted by molar-refractivity contribution is 6.31. The van der Waals surface area contributed by atoms with Crippen LogP contribution in [0.25, 0.3) is 0 Å². The standard InChI is InChI=1S/C15H11ClFN3O5/c16-8-1-4-13(10(5-8)15(18)22)25-7-14(21)19-12-6-9(20(23)24)2-3-11(12)17/h1-6H,7H2,(H2,18,22)(H,19,21). The van der Waals surface area contributed by atoms with Crippen LogP contribution >= 0.6 is 11.6 Å². The summed E-state index contributed by atoms with van der Waals surface area (Å²) in [5.74, 6) is -2.41. The van der Waals surface area contributed by atoms with Crippen molar-refractivity contribution >= 4 is 34.8 Å². The van der Waals surface area contributed by atoms with Gasteiger partial charge < -0.3 is 15.8 Å². The zero-order chi connectivity index (χ0) is 18.6. The van der Waals surface area contributed by atoms with Crippen molar-refractivity contribution in [1.82, 2.24) is 0 Å². The number of halogens is 2. The predicted molar refractivity (Wildman–Crippen MR) is 87.1 cm³/mol. The fraction of sp³-hybridized carbons (Fsp3) is 0.0667. The lowest BCUT2D eigenvalue weighted by Gasteiger charge is -2.10. The largest absolute Gasteiger partial charge is 0.483 e. The summed E-state index contributed by atoms with van der Waals surface area (Å²) in [6.07, 6.45) is 0. The maximum absolute atomic E-state index is 13.6. The second kappa shape index (κ2) is 7.58. The number of nitro groups is 1. The van der Waals surface area contributed by atoms with E-state index in [1.54, 1.807) is 0 Å². The van der Waals surface area contributed by atoms with Crippen molar-refractivity contribution in [2.75, 3.05) is 11.9 Å². The predicted octanol–water partition coefficient (Wildman–Crippen LogP) is 2.50. The van der Waals surface area contributed by atoms with Gasteiger partial charge in [-0.2, -0.15) is 0 Å². The van der Waals surface area contributed by atoms with Gasteiger partial charge in [0.1, 0.15) is 11.6 Å². The maximum atomic E-state index is 13.6. The average molecular weight is 368 g/mol. The summed E-state index contributed by atoms with van der Waals surface area (Å²) in [6.45, 7) is -0.579. The van der Waals surface area contributed by atoms with Crippen LogP contribution in [0.1, 0.15) is 10.4 Å². The van der Waals surface area contributed by atoms with E-state index < -0.39 is 29.2 Å². The highest BCUT2D eigenvalue weighted by atomic mass is 35.5. The van der Waals surface area contributed by atoms with E-state index >= 15 is 0 Å². The number of nitrogens with one attached hydrogen (secondary N) is 1. The molecule has 0 unspecified atom stereocenters. The quantitative estimate of drug-likeness (QED) is 0.599. The molecule has 2 rings (SSSR count). The van der Waals surface area contributed by atoms with Crippen LogP contribution in [-0.4, -0.2) is 23.3 Å². The number of non-ortho nitro benzene ring substituents is 1. The van der Waals surface area contributed by atoms with Gasteiger partial charge in [0.25, 0.3) is 17.5 Å². The molecule has 0 saturated heterocycles. The average Bonchev–Trinajstić information content (AvgIpc) is 2.55. The van der Waals surface area contributed by atoms with Crippen molar-refractivity contribution in [3.05, 3.63) is 62.9 Å². The van der Waals surface area contributed by atoms with E-state index in [0.717, 1.165) is 18.2 Å². The Balaban J connectivity index is 2.08. The lowest BCUT2D eigenvalue weighted by atomic mass is 10.2. The molecule has 0 spiro atoms. The van der Waals surface area contributed by atoms with E-state index in [2.05, 4.69) is 5.32 Å². The minimum absolute atomic E-state index is 0.0200. The summed E-state index contributed by atoms with van der Waals surface area (Å²) in [5.41, 5.74) is 4.41. The Morgan fingerprint density at radius 3 is 2.64 bits per heavy atom. The first kappa shape index (κ1) is 18.1. The minimum atomic E-state index is -0.844. The van der Waals surface area contributed by atoms with Gasteiger partial charge in [-0.3, -0.25) is 19.7 Å². The fourth-order valence-corrected chi connectivity index (χ4v) is 2.04. The third kappa shape index (κ3) is 4.64. The summed E-state index contributed by atoms with van der Waals surface area (Å²) < 4.78 is 18.8. The molecule has 0 aromatic heterocycles. The number of nitrogens with zero attached hydrogens (tertiary/aromatic N) is 1. The van der Waals surface area contributed by atoms with Crippen LogP contribution in [0.2, 0.25) is 5.02 Å². The highest BCUT2D eigenvalue weighted by Gasteiger charge is 2.15. The first-order valence-corrected chi connectivity index (χ1v) is 7.11. The molecule has 8 nitrogen and oxygen atoms in total. The summed E-state index contributed by atoms with van der Waals surface area (Å²) in [6, 6.07) is 6.76. The molecule has 0 fully saturated rings. The molecule has 0 atom stereocenters. The molecule has 0 aliphatic heterocycles. The van der Waals surface area contributed by atoms with Gasteiger partial charge >= 0.3 is 0 Å². The van der Waals surface area contributed by atoms with Gasteiger partial charge in [-0.25, -0.2) is 4.39 Å². The van der Waals surface area contributed by atoms with Crippen molar-refractivity contribution < 1.29 is 23.6 Å². The van der Waals surface area contributed by atoms with Crippen LogP contribution in [0, 0.1) is 15.9 Å². The smallest absolute Gasteiger partial charge is 0.271 e. The Morgan fingerprint density at radius 2 is 2.00 bits per heavy atom. The Kier molecular flexibility index (Phi) is 5.50. The molecule has 25 heavy (non-hydrogen) atoms. The van der Waals surface area contributed by atoms with E-state index in [4.69, 9.17) is 22.1 Å². The molecule has 0 aliphatic rings. The van der Waals surface area contributed by atoms with E-state index in [0.29, 0.717) is 0 Å². The molecule has 3 N–H and O–H groups in total. The van der Waals surface area contributed by atoms with Crippen LogP contribution < -0.4 is 15.8 Å². The number of primary amides is 1. The number of ether oxygens (including phenoxy) is 1. The second-order valence-electron chi connectivity index (χ2n) is 4.76. The van der Waals surface area contributed by atoms with Crippen LogP contribution in [0.15, 0.2) is 36.4 Å². The van der Waals surface area contributed by atoms with E-state index in [-0.39, 0.29) is 27.7 Å². The Bertz CT molecular complexity index is 859. The number of hydrogen-bond donors (Lipinski definition) is 2. The maximum Gasteiger partial charge on any atom is 0.271 e. The second-order valence-corrected chi connectivity index (χ2v) is 5.20. The van der Waals surface area contributed by atoms with Crippen LogP contribution in [-0.2, 0) is 4.79 Å². The molecule has 0 radical (unpaired) electrons. The molecular formula is C15H11ClFN3O5. The Hall–Kier alpha value is -3.20. The number of amides is 2. The zero-order valence-corrected chi connectivity index (χ0v) is 13.2. The molecule has 0 saturated carbocycles. The first-order chi connectivity index (χ1) is 11.8. The van der Waals surface area contributed by atoms with Gasteiger partial charge in [-0.05, 0) is 24.3 Å². The van der Waals surface area contributed by atoms with E-state index in [1.165, 1.54) is 18.2 Å². The number of rotatable bonds is 6. The molecule has 0 bridgehead atoms. The van der Waals surface area contributed by atoms with Crippen molar-refractivity contribution in [2.45, 2.75) is 0 Å². The number of hydrogen-bond acceptors (Lipinski definition) is 5. The lowest BCUT2D eigenvalue weighted by Crippen LogP contribution is -2.22. The van der Waals surface area contributed by atoms with Crippen molar-refractivity contribution in [2.24, 2.45) is 5.73 Å². The minimum Gasteiger partial charge on any atom is -0.483 e. The van der Waals surface area contributed by atoms with Crippen molar-refractivity contribution in [1.29, 1.82) is 0 Å². The number of carbonyl (C=O) groups excluding carboxylic acids is 2.